The molecule has 4 rings (SSSR count). The number of carbonyl (C=O) groups excluding carboxylic acids is 1. The smallest absolute Gasteiger partial charge is 0.221 e. The number of hydrogen-bond acceptors (Lipinski definition) is 1. The Bertz CT molecular complexity index is 1100. The predicted octanol–water partition coefficient (Wildman–Crippen LogP) is 5.88. The Morgan fingerprint density at radius 2 is 1.59 bits per heavy atom. The number of amides is 1. The van der Waals surface area contributed by atoms with E-state index >= 15 is 0 Å². The van der Waals surface area contributed by atoms with Crippen molar-refractivity contribution in [3.8, 4) is 0 Å². The molecule has 3 heteroatoms. The molecule has 0 aliphatic rings. The number of nitrogens with one attached hydrogen (secondary N) is 2. The van der Waals surface area contributed by atoms with E-state index in [-0.39, 0.29) is 17.9 Å². The molecule has 1 heterocycles. The number of aromatic nitrogens is 1. The van der Waals surface area contributed by atoms with Gasteiger partial charge in [-0.25, -0.2) is 0 Å². The van der Waals surface area contributed by atoms with Crippen molar-refractivity contribution in [2.24, 2.45) is 0 Å². The van der Waals surface area contributed by atoms with Crippen LogP contribution >= 0.6 is 0 Å². The fourth-order valence-corrected chi connectivity index (χ4v) is 3.90. The third-order valence-corrected chi connectivity index (χ3v) is 5.54. The summed E-state index contributed by atoms with van der Waals surface area (Å²) in [5.41, 5.74) is 5.74. The van der Waals surface area contributed by atoms with Crippen molar-refractivity contribution in [1.82, 2.24) is 10.3 Å². The molecule has 0 spiro atoms. The van der Waals surface area contributed by atoms with Gasteiger partial charge in [0.05, 0.1) is 6.04 Å². The van der Waals surface area contributed by atoms with Crippen molar-refractivity contribution in [2.45, 2.75) is 32.2 Å². The van der Waals surface area contributed by atoms with Crippen LogP contribution in [-0.2, 0) is 4.79 Å². The largest absolute Gasteiger partial charge is 0.361 e. The van der Waals surface area contributed by atoms with Crippen molar-refractivity contribution in [1.29, 1.82) is 0 Å². The standard InChI is InChI=1S/C26H26N2O/c1-18-12-14-21(15-13-18)23(24-17-27-25-11-7-6-10-22(24)25)16-26(29)28-19(2)20-8-4-3-5-9-20/h3-15,17,19,23,27H,16H2,1-2H3,(H,28,29)/t19-,23-/m1/s1. The Balaban J connectivity index is 1.62. The third-order valence-electron chi connectivity index (χ3n) is 5.54. The van der Waals surface area contributed by atoms with Crippen molar-refractivity contribution < 1.29 is 4.79 Å². The van der Waals surface area contributed by atoms with Gasteiger partial charge in [0, 0.05) is 29.4 Å². The van der Waals surface area contributed by atoms with Crippen LogP contribution in [0.3, 0.4) is 0 Å². The molecule has 0 aliphatic heterocycles. The molecule has 0 fully saturated rings. The Hall–Kier alpha value is -3.33. The fraction of sp³-hybridized carbons (Fsp3) is 0.192. The lowest BCUT2D eigenvalue weighted by atomic mass is 9.87. The molecular formula is C26H26N2O. The van der Waals surface area contributed by atoms with Gasteiger partial charge in [0.15, 0.2) is 0 Å². The average Bonchev–Trinajstić information content (AvgIpc) is 3.17. The Kier molecular flexibility index (Phi) is 5.48. The van der Waals surface area contributed by atoms with E-state index in [2.05, 4.69) is 53.6 Å². The topological polar surface area (TPSA) is 44.9 Å². The molecule has 1 amide bonds. The van der Waals surface area contributed by atoms with Gasteiger partial charge < -0.3 is 10.3 Å². The first kappa shape index (κ1) is 19.0. The molecule has 0 unspecified atom stereocenters. The number of carbonyl (C=O) groups is 1. The second kappa shape index (κ2) is 8.36. The molecular weight excluding hydrogens is 356 g/mol. The highest BCUT2D eigenvalue weighted by Crippen LogP contribution is 2.33. The zero-order chi connectivity index (χ0) is 20.2. The molecule has 146 valence electrons. The highest BCUT2D eigenvalue weighted by Gasteiger charge is 2.22. The van der Waals surface area contributed by atoms with Crippen LogP contribution < -0.4 is 5.32 Å². The molecule has 0 saturated heterocycles. The summed E-state index contributed by atoms with van der Waals surface area (Å²) in [5.74, 6) is 0.0481. The first-order valence-electron chi connectivity index (χ1n) is 10.1. The Morgan fingerprint density at radius 3 is 2.34 bits per heavy atom. The van der Waals surface area contributed by atoms with Crippen LogP contribution in [0.1, 0.15) is 47.6 Å². The number of benzene rings is 3. The molecule has 2 N–H and O–H groups in total. The van der Waals surface area contributed by atoms with E-state index in [9.17, 15) is 4.79 Å². The highest BCUT2D eigenvalue weighted by molar-refractivity contribution is 5.86. The van der Waals surface area contributed by atoms with E-state index in [0.717, 1.165) is 22.2 Å². The zero-order valence-electron chi connectivity index (χ0n) is 16.9. The summed E-state index contributed by atoms with van der Waals surface area (Å²) < 4.78 is 0. The van der Waals surface area contributed by atoms with Crippen LogP contribution in [0, 0.1) is 6.92 Å². The molecule has 0 aliphatic carbocycles. The third kappa shape index (κ3) is 4.24. The van der Waals surface area contributed by atoms with E-state index in [1.54, 1.807) is 0 Å². The molecule has 1 aromatic heterocycles. The van der Waals surface area contributed by atoms with Crippen LogP contribution in [0.2, 0.25) is 0 Å². The van der Waals surface area contributed by atoms with E-state index in [0.29, 0.717) is 6.42 Å². The molecule has 3 nitrogen and oxygen atoms in total. The van der Waals surface area contributed by atoms with Gasteiger partial charge in [-0.05, 0) is 36.6 Å². The molecule has 0 radical (unpaired) electrons. The van der Waals surface area contributed by atoms with Gasteiger partial charge >= 0.3 is 0 Å². The fourth-order valence-electron chi connectivity index (χ4n) is 3.90. The Morgan fingerprint density at radius 1 is 0.897 bits per heavy atom. The lowest BCUT2D eigenvalue weighted by Crippen LogP contribution is -2.28. The summed E-state index contributed by atoms with van der Waals surface area (Å²) in [5, 5.41) is 4.34. The van der Waals surface area contributed by atoms with Gasteiger partial charge in [-0.3, -0.25) is 4.79 Å². The van der Waals surface area contributed by atoms with Gasteiger partial charge in [-0.1, -0.05) is 78.4 Å². The average molecular weight is 383 g/mol. The minimum absolute atomic E-state index is 0.00489. The SMILES string of the molecule is Cc1ccc([C@@H](CC(=O)N[C@H](C)c2ccccc2)c2c[nH]c3ccccc23)cc1. The zero-order valence-corrected chi connectivity index (χ0v) is 16.9. The van der Waals surface area contributed by atoms with Crippen LogP contribution in [0.15, 0.2) is 85.1 Å². The summed E-state index contributed by atoms with van der Waals surface area (Å²) in [6, 6.07) is 26.8. The predicted molar refractivity (Wildman–Crippen MR) is 119 cm³/mol. The second-order valence-electron chi connectivity index (χ2n) is 7.66. The first-order chi connectivity index (χ1) is 14.1. The van der Waals surface area contributed by atoms with Crippen molar-refractivity contribution in [2.75, 3.05) is 0 Å². The van der Waals surface area contributed by atoms with Crippen molar-refractivity contribution >= 4 is 16.8 Å². The van der Waals surface area contributed by atoms with E-state index in [1.807, 2.05) is 55.6 Å². The van der Waals surface area contributed by atoms with Crippen molar-refractivity contribution in [3.05, 3.63) is 107 Å². The summed E-state index contributed by atoms with van der Waals surface area (Å²) in [6.07, 6.45) is 2.45. The molecule has 29 heavy (non-hydrogen) atoms. The summed E-state index contributed by atoms with van der Waals surface area (Å²) in [7, 11) is 0. The van der Waals surface area contributed by atoms with E-state index in [4.69, 9.17) is 0 Å². The summed E-state index contributed by atoms with van der Waals surface area (Å²) in [4.78, 5) is 16.3. The molecule has 4 aromatic rings. The lowest BCUT2D eigenvalue weighted by Gasteiger charge is -2.20. The van der Waals surface area contributed by atoms with Crippen molar-refractivity contribution in [3.63, 3.8) is 0 Å². The van der Waals surface area contributed by atoms with E-state index in [1.165, 1.54) is 10.9 Å². The van der Waals surface area contributed by atoms with E-state index < -0.39 is 0 Å². The van der Waals surface area contributed by atoms with Crippen LogP contribution in [0.4, 0.5) is 0 Å². The molecule has 0 saturated carbocycles. The summed E-state index contributed by atoms with van der Waals surface area (Å²) >= 11 is 0. The number of fused-ring (bicyclic) bond motifs is 1. The number of para-hydroxylation sites is 1. The maximum Gasteiger partial charge on any atom is 0.221 e. The number of rotatable bonds is 6. The second-order valence-corrected chi connectivity index (χ2v) is 7.66. The molecule has 2 atom stereocenters. The maximum atomic E-state index is 13.0. The number of H-pyrrole nitrogens is 1. The minimum Gasteiger partial charge on any atom is -0.361 e. The van der Waals surface area contributed by atoms with Gasteiger partial charge in [0.2, 0.25) is 5.91 Å². The van der Waals surface area contributed by atoms with Crippen LogP contribution in [0.5, 0.6) is 0 Å². The summed E-state index contributed by atoms with van der Waals surface area (Å²) in [6.45, 7) is 4.11. The maximum absolute atomic E-state index is 13.0. The monoisotopic (exact) mass is 382 g/mol. The van der Waals surface area contributed by atoms with Gasteiger partial charge in [-0.15, -0.1) is 0 Å². The van der Waals surface area contributed by atoms with Crippen LogP contribution in [-0.4, -0.2) is 10.9 Å². The number of aryl methyl sites for hydroxylation is 1. The highest BCUT2D eigenvalue weighted by atomic mass is 16.1. The van der Waals surface area contributed by atoms with Crippen LogP contribution in [0.25, 0.3) is 10.9 Å². The number of aromatic amines is 1. The minimum atomic E-state index is -0.0228. The quantitative estimate of drug-likeness (QED) is 0.430. The first-order valence-corrected chi connectivity index (χ1v) is 10.1. The molecule has 0 bridgehead atoms. The van der Waals surface area contributed by atoms with Gasteiger partial charge in [-0.2, -0.15) is 0 Å². The lowest BCUT2D eigenvalue weighted by molar-refractivity contribution is -0.121. The normalized spacial score (nSPS) is 13.2. The number of hydrogen-bond donors (Lipinski definition) is 2. The molecule has 3 aromatic carbocycles. The van der Waals surface area contributed by atoms with Gasteiger partial charge in [0.25, 0.3) is 0 Å². The van der Waals surface area contributed by atoms with Gasteiger partial charge in [0.1, 0.15) is 0 Å². The Labute approximate surface area is 171 Å².